The van der Waals surface area contributed by atoms with Crippen molar-refractivity contribution in [2.24, 2.45) is 0 Å². The molecule has 1 aliphatic rings. The maximum atomic E-state index is 12.4. The molecule has 1 atom stereocenters. The van der Waals surface area contributed by atoms with Crippen molar-refractivity contribution >= 4 is 17.5 Å². The van der Waals surface area contributed by atoms with E-state index in [9.17, 15) is 9.90 Å². The van der Waals surface area contributed by atoms with Gasteiger partial charge in [0.25, 0.3) is 5.91 Å². The molecule has 3 heterocycles. The van der Waals surface area contributed by atoms with E-state index in [-0.39, 0.29) is 23.7 Å². The van der Waals surface area contributed by atoms with E-state index in [1.54, 1.807) is 15.8 Å². The van der Waals surface area contributed by atoms with Gasteiger partial charge in [0.1, 0.15) is 11.3 Å². The van der Waals surface area contributed by atoms with Gasteiger partial charge in [0.2, 0.25) is 5.22 Å². The van der Waals surface area contributed by atoms with E-state index in [0.717, 1.165) is 0 Å². The van der Waals surface area contributed by atoms with Crippen LogP contribution in [-0.4, -0.2) is 44.0 Å². The third-order valence-corrected chi connectivity index (χ3v) is 4.19. The normalized spacial score (nSPS) is 21.8. The molecule has 0 bridgehead atoms. The third kappa shape index (κ3) is 2.50. The number of hydrogen-bond acceptors (Lipinski definition) is 5. The Bertz CT molecular complexity index is 696. The third-order valence-electron chi connectivity index (χ3n) is 3.90. The van der Waals surface area contributed by atoms with E-state index in [1.165, 1.54) is 12.3 Å². The zero-order valence-electron chi connectivity index (χ0n) is 12.4. The van der Waals surface area contributed by atoms with Crippen LogP contribution in [0.3, 0.4) is 0 Å². The summed E-state index contributed by atoms with van der Waals surface area (Å²) in [6.07, 6.45) is 3.50. The summed E-state index contributed by atoms with van der Waals surface area (Å²) < 4.78 is 6.63. The molecule has 0 aromatic carbocycles. The van der Waals surface area contributed by atoms with Gasteiger partial charge in [-0.25, -0.2) is 4.68 Å². The molecule has 1 amide bonds. The first kappa shape index (κ1) is 15.1. The summed E-state index contributed by atoms with van der Waals surface area (Å²) in [4.78, 5) is 13.9. The summed E-state index contributed by atoms with van der Waals surface area (Å²) in [7, 11) is 0. The van der Waals surface area contributed by atoms with Crippen LogP contribution < -0.4 is 0 Å². The van der Waals surface area contributed by atoms with Gasteiger partial charge in [-0.15, -0.1) is 5.10 Å². The lowest BCUT2D eigenvalue weighted by atomic mass is 10.00. The molecule has 0 spiro atoms. The summed E-state index contributed by atoms with van der Waals surface area (Å²) in [5.41, 5.74) is -0.398. The van der Waals surface area contributed by atoms with Crippen molar-refractivity contribution in [2.75, 3.05) is 13.1 Å². The predicted molar refractivity (Wildman–Crippen MR) is 78.5 cm³/mol. The quantitative estimate of drug-likeness (QED) is 0.931. The molecule has 1 aliphatic heterocycles. The molecule has 1 fully saturated rings. The molecule has 1 N–H and O–H groups in total. The van der Waals surface area contributed by atoms with Gasteiger partial charge in [-0.2, -0.15) is 0 Å². The monoisotopic (exact) mass is 324 g/mol. The Morgan fingerprint density at radius 3 is 2.91 bits per heavy atom. The van der Waals surface area contributed by atoms with Crippen molar-refractivity contribution in [3.05, 3.63) is 35.0 Å². The number of β-amino-alcohol motifs (C(OH)–C–C–N with tert-alkyl or cyclic N) is 1. The number of hydrogen-bond donors (Lipinski definition) is 1. The molecular formula is C14H17ClN4O3. The van der Waals surface area contributed by atoms with Crippen LogP contribution in [0.25, 0.3) is 0 Å². The summed E-state index contributed by atoms with van der Waals surface area (Å²) in [6.45, 7) is 4.54. The lowest BCUT2D eigenvalue weighted by Crippen LogP contribution is -2.34. The molecule has 7 nitrogen and oxygen atoms in total. The highest BCUT2D eigenvalue weighted by atomic mass is 35.5. The lowest BCUT2D eigenvalue weighted by Gasteiger charge is -2.20. The summed E-state index contributed by atoms with van der Waals surface area (Å²) in [6, 6.07) is 1.69. The number of nitrogens with zero attached hydrogens (tertiary/aromatic N) is 4. The highest BCUT2D eigenvalue weighted by molar-refractivity contribution is 6.32. The SMILES string of the molecule is CC(C)n1cc([C@]2(O)CCN(C(=O)c3ccoc3Cl)C2)nn1. The molecular weight excluding hydrogens is 308 g/mol. The van der Waals surface area contributed by atoms with Crippen molar-refractivity contribution in [1.82, 2.24) is 19.9 Å². The molecule has 1 saturated heterocycles. The Labute approximate surface area is 132 Å². The van der Waals surface area contributed by atoms with Crippen LogP contribution in [-0.2, 0) is 5.60 Å². The smallest absolute Gasteiger partial charge is 0.258 e. The van der Waals surface area contributed by atoms with Crippen molar-refractivity contribution in [2.45, 2.75) is 31.9 Å². The van der Waals surface area contributed by atoms with Gasteiger partial charge in [-0.05, 0) is 31.5 Å². The van der Waals surface area contributed by atoms with E-state index >= 15 is 0 Å². The van der Waals surface area contributed by atoms with Crippen molar-refractivity contribution in [3.63, 3.8) is 0 Å². The number of halogens is 1. The topological polar surface area (TPSA) is 84.4 Å². The van der Waals surface area contributed by atoms with E-state index in [4.69, 9.17) is 16.0 Å². The van der Waals surface area contributed by atoms with Gasteiger partial charge in [0.05, 0.1) is 24.6 Å². The van der Waals surface area contributed by atoms with Gasteiger partial charge in [0.15, 0.2) is 0 Å². The number of amides is 1. The fraction of sp³-hybridized carbons (Fsp3) is 0.500. The van der Waals surface area contributed by atoms with Crippen LogP contribution in [0.2, 0.25) is 5.22 Å². The molecule has 118 valence electrons. The van der Waals surface area contributed by atoms with Crippen LogP contribution in [0.15, 0.2) is 22.9 Å². The second kappa shape index (κ2) is 5.40. The van der Waals surface area contributed by atoms with E-state index in [0.29, 0.717) is 24.2 Å². The first-order valence-corrected chi connectivity index (χ1v) is 7.45. The Hall–Kier alpha value is -1.86. The fourth-order valence-electron chi connectivity index (χ4n) is 2.54. The Balaban J connectivity index is 1.78. The van der Waals surface area contributed by atoms with Crippen LogP contribution >= 0.6 is 11.6 Å². The highest BCUT2D eigenvalue weighted by Crippen LogP contribution is 2.32. The highest BCUT2D eigenvalue weighted by Gasteiger charge is 2.42. The summed E-state index contributed by atoms with van der Waals surface area (Å²) >= 11 is 5.84. The standard InChI is InChI=1S/C14H17ClN4O3/c1-9(2)19-7-11(16-17-19)14(21)4-5-18(8-14)13(20)10-3-6-22-12(10)15/h3,6-7,9,21H,4-5,8H2,1-2H3/t14-/m0/s1. The lowest BCUT2D eigenvalue weighted by molar-refractivity contribution is 0.0381. The van der Waals surface area contributed by atoms with Crippen molar-refractivity contribution < 1.29 is 14.3 Å². The molecule has 2 aromatic rings. The molecule has 0 aliphatic carbocycles. The second-order valence-corrected chi connectivity index (χ2v) is 6.14. The molecule has 0 saturated carbocycles. The van der Waals surface area contributed by atoms with Gasteiger partial charge in [-0.1, -0.05) is 5.21 Å². The van der Waals surface area contributed by atoms with Crippen LogP contribution in [0, 0.1) is 0 Å². The van der Waals surface area contributed by atoms with Crippen LogP contribution in [0.4, 0.5) is 0 Å². The van der Waals surface area contributed by atoms with Crippen LogP contribution in [0.1, 0.15) is 42.4 Å². The first-order chi connectivity index (χ1) is 10.4. The van der Waals surface area contributed by atoms with Crippen molar-refractivity contribution in [1.29, 1.82) is 0 Å². The number of rotatable bonds is 3. The second-order valence-electron chi connectivity index (χ2n) is 5.79. The average Bonchev–Trinajstić information content (AvgIpc) is 3.17. The zero-order valence-corrected chi connectivity index (χ0v) is 13.1. The van der Waals surface area contributed by atoms with E-state index < -0.39 is 5.60 Å². The van der Waals surface area contributed by atoms with Gasteiger partial charge >= 0.3 is 0 Å². The summed E-state index contributed by atoms with van der Waals surface area (Å²) in [5.74, 6) is -0.258. The number of aliphatic hydroxyl groups is 1. The van der Waals surface area contributed by atoms with Crippen molar-refractivity contribution in [3.8, 4) is 0 Å². The zero-order chi connectivity index (χ0) is 15.9. The maximum absolute atomic E-state index is 12.4. The molecule has 8 heteroatoms. The maximum Gasteiger partial charge on any atom is 0.258 e. The molecule has 0 unspecified atom stereocenters. The molecule has 3 rings (SSSR count). The largest absolute Gasteiger partial charge is 0.452 e. The van der Waals surface area contributed by atoms with Gasteiger partial charge in [0, 0.05) is 19.0 Å². The minimum atomic E-state index is -1.18. The number of likely N-dealkylation sites (tertiary alicyclic amines) is 1. The Kier molecular flexibility index (Phi) is 3.70. The first-order valence-electron chi connectivity index (χ1n) is 7.08. The van der Waals surface area contributed by atoms with Gasteiger partial charge in [-0.3, -0.25) is 4.79 Å². The Morgan fingerprint density at radius 2 is 2.32 bits per heavy atom. The van der Waals surface area contributed by atoms with Crippen LogP contribution in [0.5, 0.6) is 0 Å². The minimum Gasteiger partial charge on any atom is -0.452 e. The predicted octanol–water partition coefficient (Wildman–Crippen LogP) is 1.84. The number of furan rings is 1. The van der Waals surface area contributed by atoms with Gasteiger partial charge < -0.3 is 14.4 Å². The minimum absolute atomic E-state index is 0.0613. The fourth-order valence-corrected chi connectivity index (χ4v) is 2.73. The number of carbonyl (C=O) groups is 1. The molecule has 22 heavy (non-hydrogen) atoms. The average molecular weight is 325 g/mol. The molecule has 0 radical (unpaired) electrons. The number of carbonyl (C=O) groups excluding carboxylic acids is 1. The van der Waals surface area contributed by atoms with E-state index in [2.05, 4.69) is 10.3 Å². The summed E-state index contributed by atoms with van der Waals surface area (Å²) in [5, 5.41) is 18.9. The van der Waals surface area contributed by atoms with E-state index in [1.807, 2.05) is 13.8 Å². The molecule has 2 aromatic heterocycles. The Morgan fingerprint density at radius 1 is 1.55 bits per heavy atom. The number of aromatic nitrogens is 3.